The van der Waals surface area contributed by atoms with Crippen molar-refractivity contribution in [2.45, 2.75) is 38.3 Å². The molecule has 0 fully saturated rings. The van der Waals surface area contributed by atoms with Crippen molar-refractivity contribution < 1.29 is 5.11 Å². The number of fused-ring (bicyclic) bond motifs is 1. The lowest BCUT2D eigenvalue weighted by atomic mass is 9.96. The molecule has 1 atom stereocenters. The third-order valence-corrected chi connectivity index (χ3v) is 5.01. The largest absolute Gasteiger partial charge is 0.384 e. The summed E-state index contributed by atoms with van der Waals surface area (Å²) in [5, 5.41) is 19.4. The lowest BCUT2D eigenvalue weighted by Crippen LogP contribution is -2.36. The van der Waals surface area contributed by atoms with E-state index in [-0.39, 0.29) is 0 Å². The number of benzene rings is 1. The maximum absolute atomic E-state index is 10.9. The average Bonchev–Trinajstić information content (AvgIpc) is 3.00. The second kappa shape index (κ2) is 6.03. The molecule has 0 saturated carbocycles. The molecular formula is C17H22ClN3O. The molecule has 0 spiro atoms. The van der Waals surface area contributed by atoms with Crippen molar-refractivity contribution in [3.63, 3.8) is 0 Å². The van der Waals surface area contributed by atoms with Crippen LogP contribution in [0.2, 0.25) is 5.15 Å². The predicted molar refractivity (Wildman–Crippen MR) is 88.0 cm³/mol. The van der Waals surface area contributed by atoms with Gasteiger partial charge in [-0.2, -0.15) is 5.10 Å². The Morgan fingerprint density at radius 1 is 1.41 bits per heavy atom. The SMILES string of the molecule is CCc1nn(C)c(Cl)c1CNCC1(O)CCc2ccccc21. The summed E-state index contributed by atoms with van der Waals surface area (Å²) < 4.78 is 1.71. The van der Waals surface area contributed by atoms with Gasteiger partial charge in [-0.3, -0.25) is 4.68 Å². The van der Waals surface area contributed by atoms with Crippen LogP contribution in [0, 0.1) is 0 Å². The molecule has 0 amide bonds. The highest BCUT2D eigenvalue weighted by molar-refractivity contribution is 6.30. The van der Waals surface area contributed by atoms with E-state index in [1.54, 1.807) is 4.68 Å². The number of halogens is 1. The topological polar surface area (TPSA) is 50.1 Å². The van der Waals surface area contributed by atoms with Crippen molar-refractivity contribution in [2.75, 3.05) is 6.54 Å². The van der Waals surface area contributed by atoms with E-state index < -0.39 is 5.60 Å². The fourth-order valence-electron chi connectivity index (χ4n) is 3.31. The van der Waals surface area contributed by atoms with E-state index in [0.717, 1.165) is 36.1 Å². The van der Waals surface area contributed by atoms with Crippen molar-refractivity contribution in [2.24, 2.45) is 7.05 Å². The molecule has 3 rings (SSSR count). The quantitative estimate of drug-likeness (QED) is 0.890. The molecule has 118 valence electrons. The molecule has 1 aliphatic rings. The summed E-state index contributed by atoms with van der Waals surface area (Å²) in [6, 6.07) is 8.14. The first-order chi connectivity index (χ1) is 10.5. The van der Waals surface area contributed by atoms with Gasteiger partial charge in [-0.25, -0.2) is 0 Å². The number of hydrogen-bond acceptors (Lipinski definition) is 3. The van der Waals surface area contributed by atoms with Crippen molar-refractivity contribution in [1.29, 1.82) is 0 Å². The Kier molecular flexibility index (Phi) is 4.26. The second-order valence-electron chi connectivity index (χ2n) is 5.99. The number of nitrogens with zero attached hydrogens (tertiary/aromatic N) is 2. The van der Waals surface area contributed by atoms with Crippen LogP contribution in [0.3, 0.4) is 0 Å². The molecule has 0 aliphatic heterocycles. The van der Waals surface area contributed by atoms with Crippen LogP contribution in [-0.2, 0) is 32.0 Å². The Morgan fingerprint density at radius 3 is 2.95 bits per heavy atom. The van der Waals surface area contributed by atoms with Gasteiger partial charge >= 0.3 is 0 Å². The van der Waals surface area contributed by atoms with Crippen LogP contribution in [0.4, 0.5) is 0 Å². The van der Waals surface area contributed by atoms with Gasteiger partial charge in [0.05, 0.1) is 5.69 Å². The van der Waals surface area contributed by atoms with Gasteiger partial charge < -0.3 is 10.4 Å². The first kappa shape index (κ1) is 15.5. The molecule has 1 aliphatic carbocycles. The van der Waals surface area contributed by atoms with Gasteiger partial charge in [0.25, 0.3) is 0 Å². The molecule has 4 nitrogen and oxygen atoms in total. The zero-order valence-corrected chi connectivity index (χ0v) is 13.8. The Balaban J connectivity index is 1.70. The molecule has 0 radical (unpaired) electrons. The predicted octanol–water partition coefficient (Wildman–Crippen LogP) is 2.56. The number of hydrogen-bond donors (Lipinski definition) is 2. The van der Waals surface area contributed by atoms with Crippen molar-refractivity contribution in [1.82, 2.24) is 15.1 Å². The third kappa shape index (κ3) is 2.67. The van der Waals surface area contributed by atoms with Gasteiger partial charge in [0.15, 0.2) is 0 Å². The Morgan fingerprint density at radius 2 is 2.18 bits per heavy atom. The lowest BCUT2D eigenvalue weighted by Gasteiger charge is -2.24. The van der Waals surface area contributed by atoms with E-state index in [9.17, 15) is 5.11 Å². The van der Waals surface area contributed by atoms with E-state index in [0.29, 0.717) is 18.2 Å². The summed E-state index contributed by atoms with van der Waals surface area (Å²) in [6.07, 6.45) is 2.55. The Hall–Kier alpha value is -1.36. The summed E-state index contributed by atoms with van der Waals surface area (Å²) in [6.45, 7) is 3.22. The molecule has 2 N–H and O–H groups in total. The summed E-state index contributed by atoms with van der Waals surface area (Å²) >= 11 is 6.30. The number of nitrogens with one attached hydrogen (secondary N) is 1. The molecule has 1 heterocycles. The second-order valence-corrected chi connectivity index (χ2v) is 6.34. The summed E-state index contributed by atoms with van der Waals surface area (Å²) in [5.41, 5.74) is 3.56. The minimum Gasteiger partial charge on any atom is -0.384 e. The molecule has 2 aromatic rings. The summed E-state index contributed by atoms with van der Waals surface area (Å²) in [5.74, 6) is 0. The molecule has 0 bridgehead atoms. The van der Waals surface area contributed by atoms with Gasteiger partial charge in [-0.05, 0) is 30.4 Å². The zero-order chi connectivity index (χ0) is 15.7. The first-order valence-electron chi connectivity index (χ1n) is 7.77. The average molecular weight is 320 g/mol. The number of rotatable bonds is 5. The first-order valence-corrected chi connectivity index (χ1v) is 8.14. The van der Waals surface area contributed by atoms with Gasteiger partial charge in [-0.15, -0.1) is 0 Å². The molecule has 1 aromatic carbocycles. The number of aromatic nitrogens is 2. The van der Waals surface area contributed by atoms with E-state index in [4.69, 9.17) is 11.6 Å². The van der Waals surface area contributed by atoms with Crippen LogP contribution < -0.4 is 5.32 Å². The van der Waals surface area contributed by atoms with Crippen molar-refractivity contribution in [3.8, 4) is 0 Å². The van der Waals surface area contributed by atoms with Gasteiger partial charge in [0.1, 0.15) is 10.8 Å². The van der Waals surface area contributed by atoms with Crippen LogP contribution in [0.1, 0.15) is 35.7 Å². The van der Waals surface area contributed by atoms with E-state index >= 15 is 0 Å². The highest BCUT2D eigenvalue weighted by atomic mass is 35.5. The Labute approximate surface area is 136 Å². The van der Waals surface area contributed by atoms with Gasteiger partial charge in [-0.1, -0.05) is 42.8 Å². The normalized spacial score (nSPS) is 20.4. The minimum atomic E-state index is -0.780. The molecule has 0 saturated heterocycles. The summed E-state index contributed by atoms with van der Waals surface area (Å²) in [4.78, 5) is 0. The molecular weight excluding hydrogens is 298 g/mol. The molecule has 1 aromatic heterocycles. The van der Waals surface area contributed by atoms with Crippen LogP contribution in [-0.4, -0.2) is 21.4 Å². The van der Waals surface area contributed by atoms with Crippen LogP contribution in [0.25, 0.3) is 0 Å². The van der Waals surface area contributed by atoms with Crippen molar-refractivity contribution >= 4 is 11.6 Å². The van der Waals surface area contributed by atoms with E-state index in [1.165, 1.54) is 5.56 Å². The van der Waals surface area contributed by atoms with E-state index in [1.807, 2.05) is 25.2 Å². The van der Waals surface area contributed by atoms with Crippen LogP contribution >= 0.6 is 11.6 Å². The monoisotopic (exact) mass is 319 g/mol. The zero-order valence-electron chi connectivity index (χ0n) is 13.1. The Bertz CT molecular complexity index is 683. The third-order valence-electron chi connectivity index (χ3n) is 4.53. The fourth-order valence-corrected chi connectivity index (χ4v) is 3.52. The highest BCUT2D eigenvalue weighted by Crippen LogP contribution is 2.36. The standard InChI is InChI=1S/C17H22ClN3O/c1-3-15-13(16(18)21(2)20-15)10-19-11-17(22)9-8-12-6-4-5-7-14(12)17/h4-7,19,22H,3,8-11H2,1-2H3. The highest BCUT2D eigenvalue weighted by Gasteiger charge is 2.35. The molecule has 5 heteroatoms. The van der Waals surface area contributed by atoms with E-state index in [2.05, 4.69) is 23.4 Å². The smallest absolute Gasteiger partial charge is 0.131 e. The minimum absolute atomic E-state index is 0.526. The maximum atomic E-state index is 10.9. The maximum Gasteiger partial charge on any atom is 0.131 e. The molecule has 22 heavy (non-hydrogen) atoms. The molecule has 1 unspecified atom stereocenters. The number of aryl methyl sites for hydroxylation is 3. The van der Waals surface area contributed by atoms with Gasteiger partial charge in [0, 0.05) is 25.7 Å². The van der Waals surface area contributed by atoms with Crippen molar-refractivity contribution in [3.05, 3.63) is 51.8 Å². The van der Waals surface area contributed by atoms with Gasteiger partial charge in [0.2, 0.25) is 0 Å². The fraction of sp³-hybridized carbons (Fsp3) is 0.471. The van der Waals surface area contributed by atoms with Crippen LogP contribution in [0.15, 0.2) is 24.3 Å². The summed E-state index contributed by atoms with van der Waals surface area (Å²) in [7, 11) is 1.85. The van der Waals surface area contributed by atoms with Crippen LogP contribution in [0.5, 0.6) is 0 Å². The number of aliphatic hydroxyl groups is 1. The lowest BCUT2D eigenvalue weighted by molar-refractivity contribution is 0.0384.